The normalized spacial score (nSPS) is 11.2. The lowest BCUT2D eigenvalue weighted by Gasteiger charge is -2.08. The second kappa shape index (κ2) is 11.1. The molecule has 1 amide bonds. The van der Waals surface area contributed by atoms with E-state index in [1.807, 2.05) is 42.9 Å². The number of anilines is 1. The van der Waals surface area contributed by atoms with Crippen LogP contribution in [0.15, 0.2) is 85.5 Å². The molecule has 0 spiro atoms. The maximum absolute atomic E-state index is 13.7. The number of nitrogens with one attached hydrogen (secondary N) is 2. The van der Waals surface area contributed by atoms with E-state index in [-0.39, 0.29) is 11.7 Å². The molecule has 0 fully saturated rings. The Bertz CT molecular complexity index is 1850. The molecule has 204 valence electrons. The van der Waals surface area contributed by atoms with Crippen LogP contribution < -0.4 is 10.6 Å². The fraction of sp³-hybridized carbons (Fsp3) is 0.133. The molecule has 0 unspecified atom stereocenters. The first kappa shape index (κ1) is 26.0. The lowest BCUT2D eigenvalue weighted by atomic mass is 10.0. The maximum atomic E-state index is 13.7. The summed E-state index contributed by atoms with van der Waals surface area (Å²) in [7, 11) is 1.87. The van der Waals surface area contributed by atoms with Crippen molar-refractivity contribution < 1.29 is 9.18 Å². The maximum Gasteiger partial charge on any atom is 0.256 e. The van der Waals surface area contributed by atoms with E-state index in [0.717, 1.165) is 22.4 Å². The van der Waals surface area contributed by atoms with E-state index in [9.17, 15) is 9.18 Å². The van der Waals surface area contributed by atoms with Crippen molar-refractivity contribution in [1.29, 1.82) is 0 Å². The number of aryl methyl sites for hydroxylation is 1. The van der Waals surface area contributed by atoms with Crippen LogP contribution in [0.1, 0.15) is 23.0 Å². The van der Waals surface area contributed by atoms with Gasteiger partial charge in [-0.25, -0.2) is 13.9 Å². The molecular formula is C30H26FN9O. The summed E-state index contributed by atoms with van der Waals surface area (Å²) in [5, 5.41) is 15.7. The fourth-order valence-electron chi connectivity index (χ4n) is 4.69. The predicted molar refractivity (Wildman–Crippen MR) is 153 cm³/mol. The molecule has 11 heteroatoms. The Balaban J connectivity index is 1.34. The lowest BCUT2D eigenvalue weighted by Crippen LogP contribution is -2.12. The third kappa shape index (κ3) is 5.18. The van der Waals surface area contributed by atoms with Crippen molar-refractivity contribution in [2.75, 3.05) is 12.4 Å². The summed E-state index contributed by atoms with van der Waals surface area (Å²) < 4.78 is 17.2. The topological polar surface area (TPSA) is 115 Å². The molecule has 10 nitrogen and oxygen atoms in total. The first-order valence-corrected chi connectivity index (χ1v) is 13.1. The van der Waals surface area contributed by atoms with Gasteiger partial charge in [-0.2, -0.15) is 10.2 Å². The Labute approximate surface area is 234 Å². The van der Waals surface area contributed by atoms with Crippen molar-refractivity contribution in [2.45, 2.75) is 20.0 Å². The summed E-state index contributed by atoms with van der Waals surface area (Å²) in [6, 6.07) is 17.1. The standard InChI is InChI=1S/C30H26FN9O/c1-3-39-25(17-32-2)28(29(38-39)19-6-8-22(31)9-7-19)23-10-11-27-35-26(18-40(27)37-23)36-30(41)20-12-14-34-24(15-20)21-5-4-13-33-16-21/h4-16,18,32H,3,17H2,1-2H3,(H,36,41). The number of imidazole rings is 1. The van der Waals surface area contributed by atoms with E-state index >= 15 is 0 Å². The highest BCUT2D eigenvalue weighted by molar-refractivity contribution is 6.04. The molecule has 6 aromatic rings. The van der Waals surface area contributed by atoms with Crippen LogP contribution in [0.25, 0.3) is 39.4 Å². The van der Waals surface area contributed by atoms with Gasteiger partial charge in [-0.15, -0.1) is 0 Å². The predicted octanol–water partition coefficient (Wildman–Crippen LogP) is 4.85. The van der Waals surface area contributed by atoms with Gasteiger partial charge in [0, 0.05) is 48.4 Å². The van der Waals surface area contributed by atoms with E-state index in [1.54, 1.807) is 53.6 Å². The molecule has 0 aliphatic heterocycles. The van der Waals surface area contributed by atoms with Crippen molar-refractivity contribution in [3.63, 3.8) is 0 Å². The highest BCUT2D eigenvalue weighted by Gasteiger charge is 2.22. The van der Waals surface area contributed by atoms with E-state index in [2.05, 4.69) is 25.6 Å². The summed E-state index contributed by atoms with van der Waals surface area (Å²) in [5.74, 6) is -0.272. The lowest BCUT2D eigenvalue weighted by molar-refractivity contribution is 0.102. The van der Waals surface area contributed by atoms with Crippen LogP contribution in [-0.4, -0.2) is 47.3 Å². The smallest absolute Gasteiger partial charge is 0.256 e. The van der Waals surface area contributed by atoms with E-state index < -0.39 is 0 Å². The number of pyridine rings is 2. The average Bonchev–Trinajstić information content (AvgIpc) is 3.58. The number of halogens is 1. The van der Waals surface area contributed by atoms with E-state index in [1.165, 1.54) is 12.1 Å². The molecule has 0 radical (unpaired) electrons. The zero-order valence-corrected chi connectivity index (χ0v) is 22.4. The van der Waals surface area contributed by atoms with Crippen molar-refractivity contribution in [3.8, 4) is 33.8 Å². The molecule has 0 atom stereocenters. The third-order valence-corrected chi connectivity index (χ3v) is 6.62. The fourth-order valence-corrected chi connectivity index (χ4v) is 4.69. The number of aromatic nitrogens is 7. The first-order valence-electron chi connectivity index (χ1n) is 13.1. The zero-order chi connectivity index (χ0) is 28.3. The summed E-state index contributed by atoms with van der Waals surface area (Å²) in [6.45, 7) is 3.25. The van der Waals surface area contributed by atoms with Gasteiger partial charge in [-0.05, 0) is 74.6 Å². The van der Waals surface area contributed by atoms with Gasteiger partial charge in [-0.1, -0.05) is 0 Å². The van der Waals surface area contributed by atoms with Crippen LogP contribution in [0.2, 0.25) is 0 Å². The first-order chi connectivity index (χ1) is 20.0. The minimum Gasteiger partial charge on any atom is -0.314 e. The molecule has 0 saturated heterocycles. The summed E-state index contributed by atoms with van der Waals surface area (Å²) in [5.41, 5.74) is 6.44. The zero-order valence-electron chi connectivity index (χ0n) is 22.4. The minimum atomic E-state index is -0.319. The Hall–Kier alpha value is -5.29. The van der Waals surface area contributed by atoms with Crippen molar-refractivity contribution in [3.05, 3.63) is 103 Å². The summed E-state index contributed by atoms with van der Waals surface area (Å²) in [6.07, 6.45) is 6.64. The van der Waals surface area contributed by atoms with Gasteiger partial charge in [-0.3, -0.25) is 19.4 Å². The van der Waals surface area contributed by atoms with Crippen LogP contribution in [0, 0.1) is 5.82 Å². The van der Waals surface area contributed by atoms with Crippen molar-refractivity contribution in [2.24, 2.45) is 0 Å². The second-order valence-electron chi connectivity index (χ2n) is 9.30. The number of amides is 1. The number of hydrogen-bond donors (Lipinski definition) is 2. The molecule has 1 aromatic carbocycles. The second-order valence-corrected chi connectivity index (χ2v) is 9.30. The van der Waals surface area contributed by atoms with Gasteiger partial charge < -0.3 is 10.6 Å². The van der Waals surface area contributed by atoms with E-state index in [4.69, 9.17) is 10.2 Å². The molecule has 0 bridgehead atoms. The molecule has 5 aromatic heterocycles. The highest BCUT2D eigenvalue weighted by atomic mass is 19.1. The van der Waals surface area contributed by atoms with Crippen LogP contribution >= 0.6 is 0 Å². The van der Waals surface area contributed by atoms with E-state index in [0.29, 0.717) is 47.2 Å². The van der Waals surface area contributed by atoms with Crippen molar-refractivity contribution >= 4 is 17.4 Å². The molecule has 0 aliphatic carbocycles. The number of benzene rings is 1. The molecule has 0 aliphatic rings. The Morgan fingerprint density at radius 3 is 2.59 bits per heavy atom. The van der Waals surface area contributed by atoms with Gasteiger partial charge in [0.25, 0.3) is 5.91 Å². The van der Waals surface area contributed by atoms with Crippen LogP contribution in [-0.2, 0) is 13.1 Å². The highest BCUT2D eigenvalue weighted by Crippen LogP contribution is 2.34. The van der Waals surface area contributed by atoms with Gasteiger partial charge in [0.15, 0.2) is 11.5 Å². The molecule has 5 heterocycles. The van der Waals surface area contributed by atoms with Crippen LogP contribution in [0.3, 0.4) is 0 Å². The summed E-state index contributed by atoms with van der Waals surface area (Å²) in [4.78, 5) is 26.1. The number of nitrogens with zero attached hydrogens (tertiary/aromatic N) is 7. The monoisotopic (exact) mass is 547 g/mol. The Kier molecular flexibility index (Phi) is 7.00. The van der Waals surface area contributed by atoms with Crippen LogP contribution in [0.5, 0.6) is 0 Å². The molecule has 6 rings (SSSR count). The number of fused-ring (bicyclic) bond motifs is 1. The number of carbonyl (C=O) groups is 1. The summed E-state index contributed by atoms with van der Waals surface area (Å²) >= 11 is 0. The quantitative estimate of drug-likeness (QED) is 0.280. The molecule has 0 saturated carbocycles. The minimum absolute atomic E-state index is 0.312. The number of hydrogen-bond acceptors (Lipinski definition) is 7. The van der Waals surface area contributed by atoms with Gasteiger partial charge in [0.1, 0.15) is 11.5 Å². The Morgan fingerprint density at radius 2 is 1.83 bits per heavy atom. The van der Waals surface area contributed by atoms with Gasteiger partial charge in [0.2, 0.25) is 0 Å². The molecule has 2 N–H and O–H groups in total. The average molecular weight is 548 g/mol. The molecular weight excluding hydrogens is 521 g/mol. The number of rotatable bonds is 8. The van der Waals surface area contributed by atoms with Gasteiger partial charge in [0.05, 0.1) is 28.8 Å². The largest absolute Gasteiger partial charge is 0.314 e. The third-order valence-electron chi connectivity index (χ3n) is 6.62. The SMILES string of the molecule is CCn1nc(-c2ccc(F)cc2)c(-c2ccc3nc(NC(=O)c4ccnc(-c5cccnc5)c4)cn3n2)c1CNC. The number of carbonyl (C=O) groups excluding carboxylic acids is 1. The van der Waals surface area contributed by atoms with Crippen LogP contribution in [0.4, 0.5) is 10.2 Å². The molecule has 41 heavy (non-hydrogen) atoms. The Morgan fingerprint density at radius 1 is 0.976 bits per heavy atom. The van der Waals surface area contributed by atoms with Gasteiger partial charge >= 0.3 is 0 Å². The van der Waals surface area contributed by atoms with Crippen molar-refractivity contribution in [1.82, 2.24) is 39.7 Å².